The number of rotatable bonds is 9. The molecule has 0 bridgehead atoms. The van der Waals surface area contributed by atoms with Gasteiger partial charge < -0.3 is 20.7 Å². The molecule has 1 aromatic carbocycles. The van der Waals surface area contributed by atoms with Gasteiger partial charge in [0.05, 0.1) is 19.8 Å². The summed E-state index contributed by atoms with van der Waals surface area (Å²) in [6, 6.07) is 8.14. The smallest absolute Gasteiger partial charge is 0.251 e. The van der Waals surface area contributed by atoms with Crippen LogP contribution >= 0.6 is 0 Å². The standard InChI is InChI=1S/C25H43N5O2/c1-7-26-24(28-18-22(15-19(2)3)30-11-13-32-14-12-30)27-17-20-9-8-10-21(16-20)23(31)29-25(4,5)6/h8-10,16,19,22H,7,11-15,17-18H2,1-6H3,(H,29,31)(H2,26,27,28). The minimum absolute atomic E-state index is 0.0598. The monoisotopic (exact) mass is 445 g/mol. The van der Waals surface area contributed by atoms with Crippen LogP contribution in [-0.4, -0.2) is 67.7 Å². The van der Waals surface area contributed by atoms with Crippen LogP contribution in [0.3, 0.4) is 0 Å². The molecule has 2 rings (SSSR count). The number of aliphatic imine (C=N–C) groups is 1. The molecule has 7 heteroatoms. The minimum Gasteiger partial charge on any atom is -0.379 e. The van der Waals surface area contributed by atoms with E-state index < -0.39 is 0 Å². The summed E-state index contributed by atoms with van der Waals surface area (Å²) in [6.45, 7) is 18.3. The first kappa shape index (κ1) is 26.1. The molecule has 1 unspecified atom stereocenters. The number of nitrogens with one attached hydrogen (secondary N) is 3. The van der Waals surface area contributed by atoms with Gasteiger partial charge in [-0.15, -0.1) is 0 Å². The van der Waals surface area contributed by atoms with Crippen molar-refractivity contribution < 1.29 is 9.53 Å². The molecule has 1 aliphatic heterocycles. The molecule has 1 aliphatic rings. The van der Waals surface area contributed by atoms with Gasteiger partial charge in [0.1, 0.15) is 0 Å². The van der Waals surface area contributed by atoms with E-state index in [-0.39, 0.29) is 11.4 Å². The van der Waals surface area contributed by atoms with Crippen molar-refractivity contribution in [3.05, 3.63) is 35.4 Å². The molecule has 1 amide bonds. The van der Waals surface area contributed by atoms with Crippen LogP contribution in [0.25, 0.3) is 0 Å². The first-order valence-electron chi connectivity index (χ1n) is 11.9. The zero-order valence-electron chi connectivity index (χ0n) is 20.8. The Morgan fingerprint density at radius 2 is 1.91 bits per heavy atom. The molecule has 1 heterocycles. The quantitative estimate of drug-likeness (QED) is 0.402. The van der Waals surface area contributed by atoms with E-state index in [1.54, 1.807) is 0 Å². The normalized spacial score (nSPS) is 16.7. The number of hydrogen-bond acceptors (Lipinski definition) is 4. The van der Waals surface area contributed by atoms with E-state index in [1.807, 2.05) is 45.0 Å². The average molecular weight is 446 g/mol. The Morgan fingerprint density at radius 3 is 2.53 bits per heavy atom. The lowest BCUT2D eigenvalue weighted by atomic mass is 10.0. The second kappa shape index (κ2) is 12.8. The number of ether oxygens (including phenoxy) is 1. The maximum Gasteiger partial charge on any atom is 0.251 e. The van der Waals surface area contributed by atoms with Crippen molar-refractivity contribution in [3.8, 4) is 0 Å². The van der Waals surface area contributed by atoms with Gasteiger partial charge in [0.25, 0.3) is 5.91 Å². The Balaban J connectivity index is 2.02. The van der Waals surface area contributed by atoms with E-state index in [2.05, 4.69) is 41.6 Å². The number of morpholine rings is 1. The Hall–Kier alpha value is -2.12. The van der Waals surface area contributed by atoms with Crippen LogP contribution in [0.2, 0.25) is 0 Å². The number of amides is 1. The number of benzene rings is 1. The lowest BCUT2D eigenvalue weighted by Crippen LogP contribution is -2.51. The van der Waals surface area contributed by atoms with E-state index >= 15 is 0 Å². The van der Waals surface area contributed by atoms with Crippen LogP contribution in [0.1, 0.15) is 63.9 Å². The van der Waals surface area contributed by atoms with E-state index in [1.165, 1.54) is 0 Å². The molecule has 1 aromatic rings. The highest BCUT2D eigenvalue weighted by molar-refractivity contribution is 5.94. The average Bonchev–Trinajstić information content (AvgIpc) is 2.74. The van der Waals surface area contributed by atoms with Crippen LogP contribution in [0.5, 0.6) is 0 Å². The molecule has 0 saturated carbocycles. The van der Waals surface area contributed by atoms with E-state index in [0.29, 0.717) is 24.1 Å². The van der Waals surface area contributed by atoms with Gasteiger partial charge in [0.2, 0.25) is 0 Å². The van der Waals surface area contributed by atoms with Crippen molar-refractivity contribution in [2.45, 2.75) is 66.1 Å². The van der Waals surface area contributed by atoms with Crippen molar-refractivity contribution in [1.82, 2.24) is 20.9 Å². The van der Waals surface area contributed by atoms with Crippen molar-refractivity contribution in [2.24, 2.45) is 10.9 Å². The maximum absolute atomic E-state index is 12.5. The van der Waals surface area contributed by atoms with Gasteiger partial charge in [-0.05, 0) is 57.7 Å². The van der Waals surface area contributed by atoms with E-state index in [9.17, 15) is 4.79 Å². The summed E-state index contributed by atoms with van der Waals surface area (Å²) in [4.78, 5) is 19.8. The third-order valence-electron chi connectivity index (χ3n) is 5.25. The maximum atomic E-state index is 12.5. The molecule has 0 aliphatic carbocycles. The first-order valence-corrected chi connectivity index (χ1v) is 11.9. The molecule has 3 N–H and O–H groups in total. The molecule has 0 spiro atoms. The van der Waals surface area contributed by atoms with Crippen LogP contribution in [0.15, 0.2) is 29.3 Å². The van der Waals surface area contributed by atoms with Gasteiger partial charge in [-0.25, -0.2) is 4.99 Å². The van der Waals surface area contributed by atoms with Crippen LogP contribution in [-0.2, 0) is 11.3 Å². The van der Waals surface area contributed by atoms with Crippen molar-refractivity contribution in [1.29, 1.82) is 0 Å². The number of carbonyl (C=O) groups excluding carboxylic acids is 1. The predicted molar refractivity (Wildman–Crippen MR) is 132 cm³/mol. The zero-order valence-corrected chi connectivity index (χ0v) is 20.8. The van der Waals surface area contributed by atoms with Crippen LogP contribution in [0, 0.1) is 5.92 Å². The van der Waals surface area contributed by atoms with Crippen molar-refractivity contribution >= 4 is 11.9 Å². The Kier molecular flexibility index (Phi) is 10.5. The topological polar surface area (TPSA) is 78.0 Å². The molecular formula is C25H43N5O2. The van der Waals surface area contributed by atoms with Gasteiger partial charge in [0, 0.05) is 43.3 Å². The molecule has 1 atom stereocenters. The summed E-state index contributed by atoms with van der Waals surface area (Å²) in [5.41, 5.74) is 1.41. The summed E-state index contributed by atoms with van der Waals surface area (Å²) in [7, 11) is 0. The molecule has 0 radical (unpaired) electrons. The first-order chi connectivity index (χ1) is 15.2. The number of nitrogens with zero attached hydrogens (tertiary/aromatic N) is 2. The number of hydrogen-bond donors (Lipinski definition) is 3. The van der Waals surface area contributed by atoms with Gasteiger partial charge in [-0.1, -0.05) is 26.0 Å². The summed E-state index contributed by atoms with van der Waals surface area (Å²) < 4.78 is 5.53. The zero-order chi connectivity index (χ0) is 23.6. The summed E-state index contributed by atoms with van der Waals surface area (Å²) >= 11 is 0. The fraction of sp³-hybridized carbons (Fsp3) is 0.680. The van der Waals surface area contributed by atoms with E-state index in [4.69, 9.17) is 9.73 Å². The molecule has 7 nitrogen and oxygen atoms in total. The molecule has 1 saturated heterocycles. The molecule has 0 aromatic heterocycles. The lowest BCUT2D eigenvalue weighted by molar-refractivity contribution is 0.0132. The third-order valence-corrected chi connectivity index (χ3v) is 5.25. The summed E-state index contributed by atoms with van der Waals surface area (Å²) in [6.07, 6.45) is 1.14. The minimum atomic E-state index is -0.264. The highest BCUT2D eigenvalue weighted by atomic mass is 16.5. The largest absolute Gasteiger partial charge is 0.379 e. The molecular weight excluding hydrogens is 402 g/mol. The van der Waals surface area contributed by atoms with Gasteiger partial charge in [-0.2, -0.15) is 0 Å². The van der Waals surface area contributed by atoms with Crippen molar-refractivity contribution in [2.75, 3.05) is 39.4 Å². The van der Waals surface area contributed by atoms with Crippen LogP contribution in [0.4, 0.5) is 0 Å². The number of guanidine groups is 1. The van der Waals surface area contributed by atoms with E-state index in [0.717, 1.165) is 57.3 Å². The molecule has 1 fully saturated rings. The number of carbonyl (C=O) groups is 1. The lowest BCUT2D eigenvalue weighted by Gasteiger charge is -2.35. The van der Waals surface area contributed by atoms with Gasteiger partial charge in [0.15, 0.2) is 5.96 Å². The highest BCUT2D eigenvalue weighted by Crippen LogP contribution is 2.13. The Bertz CT molecular complexity index is 736. The third kappa shape index (κ3) is 9.57. The fourth-order valence-electron chi connectivity index (χ4n) is 3.80. The summed E-state index contributed by atoms with van der Waals surface area (Å²) in [5.74, 6) is 1.38. The van der Waals surface area contributed by atoms with Gasteiger partial charge >= 0.3 is 0 Å². The second-order valence-electron chi connectivity index (χ2n) is 9.91. The van der Waals surface area contributed by atoms with Crippen molar-refractivity contribution in [3.63, 3.8) is 0 Å². The molecule has 180 valence electrons. The second-order valence-corrected chi connectivity index (χ2v) is 9.91. The summed E-state index contributed by atoms with van der Waals surface area (Å²) in [5, 5.41) is 9.90. The molecule has 32 heavy (non-hydrogen) atoms. The fourth-order valence-corrected chi connectivity index (χ4v) is 3.80. The predicted octanol–water partition coefficient (Wildman–Crippen LogP) is 3.02. The Morgan fingerprint density at radius 1 is 1.19 bits per heavy atom. The Labute approximate surface area is 194 Å². The van der Waals surface area contributed by atoms with Gasteiger partial charge in [-0.3, -0.25) is 9.69 Å². The van der Waals surface area contributed by atoms with Crippen LogP contribution < -0.4 is 16.0 Å². The SMILES string of the molecule is CCNC(=NCc1cccc(C(=O)NC(C)(C)C)c1)NCC(CC(C)C)N1CCOCC1. The highest BCUT2D eigenvalue weighted by Gasteiger charge is 2.22.